The Bertz CT molecular complexity index is 503. The van der Waals surface area contributed by atoms with Crippen molar-refractivity contribution in [3.63, 3.8) is 0 Å². The molecule has 0 aliphatic carbocycles. The summed E-state index contributed by atoms with van der Waals surface area (Å²) in [4.78, 5) is 18.9. The highest BCUT2D eigenvalue weighted by Gasteiger charge is 2.25. The van der Waals surface area contributed by atoms with Crippen LogP contribution in [0.3, 0.4) is 0 Å². The summed E-state index contributed by atoms with van der Waals surface area (Å²) in [6.45, 7) is 6.35. The van der Waals surface area contributed by atoms with Gasteiger partial charge in [0.05, 0.1) is 6.61 Å². The van der Waals surface area contributed by atoms with Crippen molar-refractivity contribution in [3.8, 4) is 0 Å². The van der Waals surface area contributed by atoms with E-state index in [1.165, 1.54) is 0 Å². The molecule has 2 rings (SSSR count). The van der Waals surface area contributed by atoms with Gasteiger partial charge in [-0.3, -0.25) is 4.79 Å². The number of aromatic nitrogens is 1. The molecule has 1 aromatic rings. The van der Waals surface area contributed by atoms with Crippen LogP contribution in [0.4, 0.5) is 0 Å². The van der Waals surface area contributed by atoms with Gasteiger partial charge in [0.15, 0.2) is 0 Å². The van der Waals surface area contributed by atoms with E-state index in [4.69, 9.17) is 16.3 Å². The van der Waals surface area contributed by atoms with E-state index < -0.39 is 0 Å². The Hall–Kier alpha value is -1.13. The second-order valence-electron chi connectivity index (χ2n) is 5.97. The van der Waals surface area contributed by atoms with Crippen molar-refractivity contribution in [3.05, 3.63) is 28.5 Å². The van der Waals surface area contributed by atoms with Crippen molar-refractivity contribution < 1.29 is 9.53 Å². The molecule has 1 aromatic heterocycles. The highest BCUT2D eigenvalue weighted by atomic mass is 35.5. The van der Waals surface area contributed by atoms with Crippen LogP contribution in [-0.4, -0.2) is 42.6 Å². The van der Waals surface area contributed by atoms with Crippen LogP contribution in [0.2, 0.25) is 5.15 Å². The van der Waals surface area contributed by atoms with E-state index in [1.54, 1.807) is 13.2 Å². The van der Waals surface area contributed by atoms with Gasteiger partial charge in [-0.1, -0.05) is 25.4 Å². The number of halogens is 1. The second kappa shape index (κ2) is 7.23. The van der Waals surface area contributed by atoms with Crippen molar-refractivity contribution >= 4 is 17.5 Å². The third kappa shape index (κ3) is 4.17. The number of rotatable bonds is 4. The lowest BCUT2D eigenvalue weighted by molar-refractivity contribution is 0.0570. The quantitative estimate of drug-likeness (QED) is 0.801. The van der Waals surface area contributed by atoms with Gasteiger partial charge in [0.25, 0.3) is 5.91 Å². The second-order valence-corrected chi connectivity index (χ2v) is 6.36. The lowest BCUT2D eigenvalue weighted by Gasteiger charge is -2.32. The Kier molecular flexibility index (Phi) is 5.59. The van der Waals surface area contributed by atoms with Gasteiger partial charge < -0.3 is 9.64 Å². The number of carbonyl (C=O) groups excluding carboxylic acids is 1. The molecule has 1 amide bonds. The van der Waals surface area contributed by atoms with Crippen molar-refractivity contribution in [2.45, 2.75) is 32.6 Å². The number of amides is 1. The number of piperidine rings is 1. The Balaban J connectivity index is 2.15. The average molecular weight is 311 g/mol. The van der Waals surface area contributed by atoms with Gasteiger partial charge in [-0.2, -0.15) is 0 Å². The monoisotopic (exact) mass is 310 g/mol. The maximum Gasteiger partial charge on any atom is 0.254 e. The summed E-state index contributed by atoms with van der Waals surface area (Å²) in [5.41, 5.74) is 1.49. The molecule has 1 aliphatic heterocycles. The predicted octanol–water partition coefficient (Wildman–Crippen LogP) is 3.36. The van der Waals surface area contributed by atoms with Crippen molar-refractivity contribution in [2.75, 3.05) is 26.8 Å². The van der Waals surface area contributed by atoms with Crippen LogP contribution in [0.5, 0.6) is 0 Å². The number of nitrogens with zero attached hydrogens (tertiary/aromatic N) is 2. The number of pyridine rings is 1. The fourth-order valence-corrected chi connectivity index (χ4v) is 2.96. The zero-order chi connectivity index (χ0) is 15.4. The van der Waals surface area contributed by atoms with Crippen LogP contribution < -0.4 is 0 Å². The summed E-state index contributed by atoms with van der Waals surface area (Å²) < 4.78 is 5.22. The third-order valence-electron chi connectivity index (χ3n) is 3.86. The van der Waals surface area contributed by atoms with Gasteiger partial charge in [0.1, 0.15) is 5.15 Å². The zero-order valence-corrected chi connectivity index (χ0v) is 13.7. The molecule has 0 saturated carbocycles. The summed E-state index contributed by atoms with van der Waals surface area (Å²) >= 11 is 6.05. The SMILES string of the molecule is COCC1CCCN(C(=O)c2cc(Cl)nc(C(C)C)c2)C1. The Morgan fingerprint density at radius 3 is 2.95 bits per heavy atom. The molecule has 0 aromatic carbocycles. The molecule has 5 heteroatoms. The van der Waals surface area contributed by atoms with E-state index >= 15 is 0 Å². The van der Waals surface area contributed by atoms with Crippen molar-refractivity contribution in [1.82, 2.24) is 9.88 Å². The lowest BCUT2D eigenvalue weighted by Crippen LogP contribution is -2.41. The van der Waals surface area contributed by atoms with E-state index in [1.807, 2.05) is 24.8 Å². The van der Waals surface area contributed by atoms with Gasteiger partial charge in [0.2, 0.25) is 0 Å². The lowest BCUT2D eigenvalue weighted by atomic mass is 9.98. The Labute approximate surface area is 131 Å². The fraction of sp³-hybridized carbons (Fsp3) is 0.625. The molecule has 0 bridgehead atoms. The van der Waals surface area contributed by atoms with Crippen LogP contribution in [0.25, 0.3) is 0 Å². The summed E-state index contributed by atoms with van der Waals surface area (Å²) in [5.74, 6) is 0.717. The predicted molar refractivity (Wildman–Crippen MR) is 83.8 cm³/mol. The first-order chi connectivity index (χ1) is 10.0. The average Bonchev–Trinajstić information content (AvgIpc) is 2.46. The maximum atomic E-state index is 12.7. The molecule has 0 N–H and O–H groups in total. The Morgan fingerprint density at radius 1 is 1.52 bits per heavy atom. The van der Waals surface area contributed by atoms with Crippen LogP contribution >= 0.6 is 11.6 Å². The van der Waals surface area contributed by atoms with Gasteiger partial charge in [-0.15, -0.1) is 0 Å². The zero-order valence-electron chi connectivity index (χ0n) is 12.9. The molecular weight excluding hydrogens is 288 g/mol. The molecule has 1 unspecified atom stereocenters. The highest BCUT2D eigenvalue weighted by molar-refractivity contribution is 6.29. The third-order valence-corrected chi connectivity index (χ3v) is 4.05. The maximum absolute atomic E-state index is 12.7. The Morgan fingerprint density at radius 2 is 2.29 bits per heavy atom. The van der Waals surface area contributed by atoms with Gasteiger partial charge in [0, 0.05) is 31.5 Å². The van der Waals surface area contributed by atoms with Crippen LogP contribution in [-0.2, 0) is 4.74 Å². The summed E-state index contributed by atoms with van der Waals surface area (Å²) in [7, 11) is 1.71. The van der Waals surface area contributed by atoms with Gasteiger partial charge in [-0.25, -0.2) is 4.98 Å². The van der Waals surface area contributed by atoms with Crippen LogP contribution in [0.1, 0.15) is 48.7 Å². The number of hydrogen-bond donors (Lipinski definition) is 0. The molecule has 1 atom stereocenters. The van der Waals surface area contributed by atoms with E-state index in [-0.39, 0.29) is 11.8 Å². The minimum Gasteiger partial charge on any atom is -0.384 e. The molecule has 1 aliphatic rings. The first-order valence-corrected chi connectivity index (χ1v) is 7.84. The molecule has 116 valence electrons. The van der Waals surface area contributed by atoms with E-state index in [0.29, 0.717) is 23.2 Å². The molecule has 21 heavy (non-hydrogen) atoms. The fourth-order valence-electron chi connectivity index (χ4n) is 2.74. The number of likely N-dealkylation sites (tertiary alicyclic amines) is 1. The van der Waals surface area contributed by atoms with Crippen molar-refractivity contribution in [2.24, 2.45) is 5.92 Å². The van der Waals surface area contributed by atoms with Gasteiger partial charge >= 0.3 is 0 Å². The summed E-state index contributed by atoms with van der Waals surface area (Å²) in [6, 6.07) is 3.52. The van der Waals surface area contributed by atoms with E-state index in [0.717, 1.165) is 31.6 Å². The normalized spacial score (nSPS) is 19.1. The number of hydrogen-bond acceptors (Lipinski definition) is 3. The smallest absolute Gasteiger partial charge is 0.254 e. The minimum atomic E-state index is 0.0435. The molecule has 1 fully saturated rings. The number of carbonyl (C=O) groups is 1. The molecule has 0 spiro atoms. The highest BCUT2D eigenvalue weighted by Crippen LogP contribution is 2.22. The molecule has 2 heterocycles. The summed E-state index contributed by atoms with van der Waals surface area (Å²) in [6.07, 6.45) is 2.14. The van der Waals surface area contributed by atoms with Crippen LogP contribution in [0, 0.1) is 5.92 Å². The standard InChI is InChI=1S/C16H23ClN2O2/c1-11(2)14-7-13(8-15(17)18-14)16(20)19-6-4-5-12(9-19)10-21-3/h7-8,11-12H,4-6,9-10H2,1-3H3. The number of ether oxygens (including phenoxy) is 1. The van der Waals surface area contributed by atoms with Gasteiger partial charge in [-0.05, 0) is 36.8 Å². The molecule has 1 saturated heterocycles. The number of methoxy groups -OCH3 is 1. The van der Waals surface area contributed by atoms with Crippen LogP contribution in [0.15, 0.2) is 12.1 Å². The largest absolute Gasteiger partial charge is 0.384 e. The van der Waals surface area contributed by atoms with E-state index in [2.05, 4.69) is 4.98 Å². The molecular formula is C16H23ClN2O2. The summed E-state index contributed by atoms with van der Waals surface area (Å²) in [5, 5.41) is 0.384. The van der Waals surface area contributed by atoms with E-state index in [9.17, 15) is 4.79 Å². The first kappa shape index (κ1) is 16.2. The minimum absolute atomic E-state index is 0.0435. The topological polar surface area (TPSA) is 42.4 Å². The molecule has 0 radical (unpaired) electrons. The first-order valence-electron chi connectivity index (χ1n) is 7.47. The molecule has 4 nitrogen and oxygen atoms in total. The van der Waals surface area contributed by atoms with Crippen molar-refractivity contribution in [1.29, 1.82) is 0 Å².